The molecule has 18 rings (SSSR count). The summed E-state index contributed by atoms with van der Waals surface area (Å²) in [6.07, 6.45) is 6.99. The van der Waals surface area contributed by atoms with E-state index >= 15 is 0 Å². The van der Waals surface area contributed by atoms with Gasteiger partial charge < -0.3 is 13.7 Å². The first kappa shape index (κ1) is 43.4. The summed E-state index contributed by atoms with van der Waals surface area (Å²) in [4.78, 5) is 0. The molecule has 4 heterocycles. The van der Waals surface area contributed by atoms with Gasteiger partial charge >= 0.3 is 0 Å². The van der Waals surface area contributed by atoms with Crippen LogP contribution in [0.25, 0.3) is 121 Å². The van der Waals surface area contributed by atoms with E-state index in [2.05, 4.69) is 276 Å². The minimum absolute atomic E-state index is 0.119. The molecular weight excluding hydrogens is 955 g/mol. The zero-order chi connectivity index (χ0) is 51.9. The Bertz CT molecular complexity index is 5100. The van der Waals surface area contributed by atoms with Gasteiger partial charge in [-0.25, -0.2) is 0 Å². The summed E-state index contributed by atoms with van der Waals surface area (Å²) in [5.41, 5.74) is 29.1. The number of allylic oxidation sites excluding steroid dienone is 4. The molecule has 1 atom stereocenters. The van der Waals surface area contributed by atoms with Crippen molar-refractivity contribution in [2.45, 2.75) is 37.5 Å². The summed E-state index contributed by atoms with van der Waals surface area (Å²) in [5.74, 6) is 0. The molecule has 14 aromatic rings. The maximum atomic E-state index is 2.60. The Morgan fingerprint density at radius 1 is 0.342 bits per heavy atom. The predicted molar refractivity (Wildman–Crippen MR) is 330 cm³/mol. The molecule has 0 N–H and O–H groups in total. The van der Waals surface area contributed by atoms with Gasteiger partial charge in [-0.15, -0.1) is 0 Å². The van der Waals surface area contributed by atoms with E-state index in [-0.39, 0.29) is 5.41 Å². The topological polar surface area (TPSA) is 14.8 Å². The lowest BCUT2D eigenvalue weighted by Crippen LogP contribution is -2.27. The number of hydrogen-bond donors (Lipinski definition) is 0. The van der Waals surface area contributed by atoms with Crippen LogP contribution in [-0.4, -0.2) is 13.7 Å². The lowest BCUT2D eigenvalue weighted by atomic mass is 9.69. The van der Waals surface area contributed by atoms with Gasteiger partial charge in [-0.1, -0.05) is 184 Å². The summed E-state index contributed by atoms with van der Waals surface area (Å²) in [7, 11) is 0. The average molecular weight is 1010 g/mol. The van der Waals surface area contributed by atoms with Crippen molar-refractivity contribution in [3.05, 3.63) is 288 Å². The third kappa shape index (κ3) is 5.56. The third-order valence-corrected chi connectivity index (χ3v) is 18.9. The van der Waals surface area contributed by atoms with E-state index < -0.39 is 5.41 Å². The maximum absolute atomic E-state index is 2.60. The Hall–Kier alpha value is -9.70. The molecule has 3 heteroatoms. The Labute approximate surface area is 457 Å². The number of rotatable bonds is 4. The van der Waals surface area contributed by atoms with Crippen LogP contribution in [0.3, 0.4) is 0 Å². The first-order chi connectivity index (χ1) is 38.9. The van der Waals surface area contributed by atoms with Gasteiger partial charge in [-0.05, 0) is 170 Å². The molecule has 0 saturated heterocycles. The van der Waals surface area contributed by atoms with E-state index in [0.29, 0.717) is 0 Å². The van der Waals surface area contributed by atoms with Crippen LogP contribution in [0, 0.1) is 0 Å². The van der Waals surface area contributed by atoms with Gasteiger partial charge in [0.25, 0.3) is 0 Å². The zero-order valence-corrected chi connectivity index (χ0v) is 43.9. The molecule has 4 aliphatic rings. The van der Waals surface area contributed by atoms with Crippen LogP contribution in [0.5, 0.6) is 0 Å². The third-order valence-electron chi connectivity index (χ3n) is 18.9. The Balaban J connectivity index is 0.896. The minimum atomic E-state index is -0.424. The largest absolute Gasteiger partial charge is 0.309 e. The highest BCUT2D eigenvalue weighted by Gasteiger charge is 2.52. The van der Waals surface area contributed by atoms with Crippen LogP contribution >= 0.6 is 0 Å². The first-order valence-electron chi connectivity index (χ1n) is 28.1. The molecule has 1 aliphatic heterocycles. The van der Waals surface area contributed by atoms with Crippen molar-refractivity contribution >= 4 is 71.0 Å². The number of benzene rings is 11. The van der Waals surface area contributed by atoms with Crippen LogP contribution in [0.1, 0.15) is 60.1 Å². The molecule has 79 heavy (non-hydrogen) atoms. The first-order valence-corrected chi connectivity index (χ1v) is 28.1. The van der Waals surface area contributed by atoms with Gasteiger partial charge in [-0.3, -0.25) is 0 Å². The summed E-state index contributed by atoms with van der Waals surface area (Å²) in [6, 6.07) is 89.9. The summed E-state index contributed by atoms with van der Waals surface area (Å²) < 4.78 is 7.55. The van der Waals surface area contributed by atoms with E-state index in [4.69, 9.17) is 0 Å². The van der Waals surface area contributed by atoms with Crippen LogP contribution < -0.4 is 0 Å². The normalized spacial score (nSPS) is 16.4. The number of nitrogens with zero attached hydrogens (tertiary/aromatic N) is 3. The highest BCUT2D eigenvalue weighted by Crippen LogP contribution is 2.64. The lowest BCUT2D eigenvalue weighted by molar-refractivity contribution is 0.630. The summed E-state index contributed by atoms with van der Waals surface area (Å²) in [6.45, 7) is 4.76. The van der Waals surface area contributed by atoms with Gasteiger partial charge in [0.2, 0.25) is 0 Å². The van der Waals surface area contributed by atoms with E-state index in [9.17, 15) is 0 Å². The second kappa shape index (κ2) is 15.5. The molecule has 0 saturated carbocycles. The van der Waals surface area contributed by atoms with Crippen molar-refractivity contribution in [3.8, 4) is 50.4 Å². The van der Waals surface area contributed by atoms with Crippen molar-refractivity contribution in [1.82, 2.24) is 13.7 Å². The molecule has 3 nitrogen and oxygen atoms in total. The smallest absolute Gasteiger partial charge is 0.0722 e. The van der Waals surface area contributed by atoms with E-state index in [1.54, 1.807) is 0 Å². The molecule has 370 valence electrons. The molecule has 11 aromatic carbocycles. The van der Waals surface area contributed by atoms with Gasteiger partial charge in [-0.2, -0.15) is 0 Å². The highest BCUT2D eigenvalue weighted by atomic mass is 15.0. The Morgan fingerprint density at radius 2 is 0.911 bits per heavy atom. The van der Waals surface area contributed by atoms with Gasteiger partial charge in [0.15, 0.2) is 0 Å². The van der Waals surface area contributed by atoms with Crippen molar-refractivity contribution < 1.29 is 0 Å². The van der Waals surface area contributed by atoms with Gasteiger partial charge in [0.05, 0.1) is 44.2 Å². The van der Waals surface area contributed by atoms with Crippen LogP contribution in [-0.2, 0) is 10.8 Å². The van der Waals surface area contributed by atoms with Crippen LogP contribution in [0.2, 0.25) is 0 Å². The molecule has 1 unspecified atom stereocenters. The Morgan fingerprint density at radius 3 is 1.75 bits per heavy atom. The van der Waals surface area contributed by atoms with Crippen molar-refractivity contribution in [2.75, 3.05) is 0 Å². The van der Waals surface area contributed by atoms with Crippen molar-refractivity contribution in [1.29, 1.82) is 0 Å². The maximum Gasteiger partial charge on any atom is 0.0722 e. The second-order valence-corrected chi connectivity index (χ2v) is 23.0. The summed E-state index contributed by atoms with van der Waals surface area (Å²) in [5, 5.41) is 7.56. The molecule has 3 aromatic heterocycles. The fraction of sp³-hybridized carbons (Fsp3) is 0.0789. The van der Waals surface area contributed by atoms with E-state index in [1.807, 2.05) is 0 Å². The summed E-state index contributed by atoms with van der Waals surface area (Å²) >= 11 is 0. The molecule has 3 aliphatic carbocycles. The molecule has 0 amide bonds. The predicted octanol–water partition coefficient (Wildman–Crippen LogP) is 19.4. The molecule has 1 spiro atoms. The fourth-order valence-corrected chi connectivity index (χ4v) is 15.5. The fourth-order valence-electron chi connectivity index (χ4n) is 15.5. The molecule has 0 bridgehead atoms. The van der Waals surface area contributed by atoms with Gasteiger partial charge in [0.1, 0.15) is 0 Å². The SMILES string of the molecule is CC1(C)c2ccccc2-n2c3ccc(-c4ccc5c(c4)c4cc6c(cc4n5-c4ccc5c(c4)c4ccccc4n5-c4cccc(-c5ccccc5)c4)C4(C5=C(CCC=C5)c5ccccc54)c4ccccc4-6)cc3c3cccc1c32. The zero-order valence-electron chi connectivity index (χ0n) is 43.9. The monoisotopic (exact) mass is 1010 g/mol. The molecule has 0 fully saturated rings. The number of hydrogen-bond acceptors (Lipinski definition) is 0. The molecular formula is C76H51N3. The van der Waals surface area contributed by atoms with Crippen LogP contribution in [0.4, 0.5) is 0 Å². The van der Waals surface area contributed by atoms with Crippen molar-refractivity contribution in [3.63, 3.8) is 0 Å². The Kier molecular flexibility index (Phi) is 8.51. The van der Waals surface area contributed by atoms with E-state index in [0.717, 1.165) is 24.2 Å². The standard InChI is InChI=1S/C76H51N3/c1-75(2)65-30-13-15-33-72(65)79-71-38-35-48(41-58(71)56-26-17-31-66(75)74(56)79)49-34-37-69-59(42-49)61-44-57-54-24-8-12-29-64(54)76(62-27-10-6-22-52(62)53-23-7-11-28-63(53)76)67(57)45-73(61)78(69)51-36-39-70-60(43-51)55-25-9-14-32-68(55)77(70)50-21-16-20-47(40-50)46-18-4-3-5-19-46/h3-6,8-22,24-45H,7,23H2,1-2H3. The molecule has 0 radical (unpaired) electrons. The number of para-hydroxylation sites is 3. The highest BCUT2D eigenvalue weighted by molar-refractivity contribution is 6.16. The van der Waals surface area contributed by atoms with Gasteiger partial charge in [0, 0.05) is 49.1 Å². The number of aromatic nitrogens is 3. The average Bonchev–Trinajstić information content (AvgIpc) is 2.94. The number of fused-ring (bicyclic) bond motifs is 20. The second-order valence-electron chi connectivity index (χ2n) is 23.0. The lowest BCUT2D eigenvalue weighted by Gasteiger charge is -2.34. The minimum Gasteiger partial charge on any atom is -0.309 e. The van der Waals surface area contributed by atoms with E-state index in [1.165, 1.54) is 149 Å². The quantitative estimate of drug-likeness (QED) is 0.167. The van der Waals surface area contributed by atoms with Crippen molar-refractivity contribution in [2.24, 2.45) is 0 Å². The van der Waals surface area contributed by atoms with Crippen LogP contribution in [0.15, 0.2) is 254 Å².